The fourth-order valence-electron chi connectivity index (χ4n) is 5.25. The quantitative estimate of drug-likeness (QED) is 0.206. The number of benzene rings is 4. The topological polar surface area (TPSA) is 3.88 Å². The zero-order valence-electron chi connectivity index (χ0n) is 18.5. The summed E-state index contributed by atoms with van der Waals surface area (Å²) < 4.78 is 2.31. The summed E-state index contributed by atoms with van der Waals surface area (Å²) in [5.74, 6) is 0.666. The van der Waals surface area contributed by atoms with Crippen LogP contribution in [-0.2, 0) is 13.5 Å². The summed E-state index contributed by atoms with van der Waals surface area (Å²) in [5, 5.41) is 8.13. The summed E-state index contributed by atoms with van der Waals surface area (Å²) in [6, 6.07) is 22.9. The van der Waals surface area contributed by atoms with E-state index in [1.807, 2.05) is 11.8 Å². The molecule has 1 nitrogen and oxygen atoms in total. The molecule has 0 spiro atoms. The highest BCUT2D eigenvalue weighted by molar-refractivity contribution is 8.00. The Kier molecular flexibility index (Phi) is 4.16. The van der Waals surface area contributed by atoms with Gasteiger partial charge in [-0.05, 0) is 69.5 Å². The van der Waals surface area contributed by atoms with E-state index >= 15 is 0 Å². The standard InChI is InChI=1S/C29H26NS/c1-17(2)13-19-9-10-24-22(14-19)15-21-11-12-30(4)28-26-18(3)23-8-6-5-7-20(23)16-25(26)31-29(24)27(21)28/h5-12,14-17H,13H2,1-4H3/q+1. The zero-order chi connectivity index (χ0) is 21.3. The van der Waals surface area contributed by atoms with Crippen molar-refractivity contribution in [1.82, 2.24) is 0 Å². The predicted octanol–water partition coefficient (Wildman–Crippen LogP) is 7.61. The second kappa shape index (κ2) is 6.83. The van der Waals surface area contributed by atoms with Crippen LogP contribution in [0.4, 0.5) is 0 Å². The molecule has 152 valence electrons. The summed E-state index contributed by atoms with van der Waals surface area (Å²) in [7, 11) is 2.18. The molecule has 0 aliphatic carbocycles. The summed E-state index contributed by atoms with van der Waals surface area (Å²) in [4.78, 5) is 2.77. The van der Waals surface area contributed by atoms with Crippen molar-refractivity contribution < 1.29 is 4.57 Å². The first-order valence-corrected chi connectivity index (χ1v) is 11.9. The third-order valence-corrected chi connectivity index (χ3v) is 7.79. The van der Waals surface area contributed by atoms with E-state index in [0.717, 1.165) is 6.42 Å². The third-order valence-electron chi connectivity index (χ3n) is 6.62. The molecular weight excluding hydrogens is 394 g/mol. The molecule has 0 atom stereocenters. The molecule has 0 fully saturated rings. The molecule has 0 bridgehead atoms. The highest BCUT2D eigenvalue weighted by Gasteiger charge is 2.30. The highest BCUT2D eigenvalue weighted by Crippen LogP contribution is 2.51. The lowest BCUT2D eigenvalue weighted by atomic mass is 9.92. The van der Waals surface area contributed by atoms with Crippen LogP contribution in [0, 0.1) is 12.8 Å². The minimum atomic E-state index is 0.666. The lowest BCUT2D eigenvalue weighted by molar-refractivity contribution is -0.659. The maximum atomic E-state index is 2.40. The summed E-state index contributed by atoms with van der Waals surface area (Å²) >= 11 is 1.95. The van der Waals surface area contributed by atoms with Crippen LogP contribution in [0.3, 0.4) is 0 Å². The van der Waals surface area contributed by atoms with Gasteiger partial charge in [0.25, 0.3) is 0 Å². The Morgan fingerprint density at radius 3 is 2.55 bits per heavy atom. The first-order chi connectivity index (χ1) is 15.0. The number of fused-ring (bicyclic) bond motifs is 5. The lowest BCUT2D eigenvalue weighted by Gasteiger charge is -2.22. The number of hydrogen-bond acceptors (Lipinski definition) is 1. The van der Waals surface area contributed by atoms with Gasteiger partial charge in [-0.3, -0.25) is 0 Å². The van der Waals surface area contributed by atoms with Gasteiger partial charge >= 0.3 is 0 Å². The molecule has 2 heteroatoms. The highest BCUT2D eigenvalue weighted by atomic mass is 32.2. The van der Waals surface area contributed by atoms with E-state index in [-0.39, 0.29) is 0 Å². The Hall–Kier alpha value is -2.84. The average Bonchev–Trinajstić information content (AvgIpc) is 2.75. The molecule has 0 saturated carbocycles. The average molecular weight is 421 g/mol. The van der Waals surface area contributed by atoms with Crippen molar-refractivity contribution >= 4 is 44.1 Å². The van der Waals surface area contributed by atoms with Gasteiger partial charge in [0.1, 0.15) is 7.05 Å². The zero-order valence-corrected chi connectivity index (χ0v) is 19.3. The van der Waals surface area contributed by atoms with E-state index in [2.05, 4.69) is 99.2 Å². The van der Waals surface area contributed by atoms with Gasteiger partial charge in [-0.1, -0.05) is 68.1 Å². The van der Waals surface area contributed by atoms with Crippen LogP contribution in [0.2, 0.25) is 0 Å². The Balaban J connectivity index is 1.72. The van der Waals surface area contributed by atoms with E-state index in [9.17, 15) is 0 Å². The van der Waals surface area contributed by atoms with Crippen LogP contribution in [-0.4, -0.2) is 0 Å². The van der Waals surface area contributed by atoms with E-state index in [0.29, 0.717) is 5.92 Å². The Labute approximate surface area is 187 Å². The minimum Gasteiger partial charge on any atom is -0.200 e. The van der Waals surface area contributed by atoms with Crippen molar-refractivity contribution in [1.29, 1.82) is 0 Å². The molecule has 1 aliphatic heterocycles. The summed E-state index contributed by atoms with van der Waals surface area (Å²) in [6.45, 7) is 6.87. The number of rotatable bonds is 2. The lowest BCUT2D eigenvalue weighted by Crippen LogP contribution is -2.31. The molecule has 1 aliphatic rings. The Morgan fingerprint density at radius 2 is 1.71 bits per heavy atom. The second-order valence-electron chi connectivity index (χ2n) is 9.30. The van der Waals surface area contributed by atoms with Crippen LogP contribution < -0.4 is 4.57 Å². The van der Waals surface area contributed by atoms with Crippen LogP contribution >= 0.6 is 11.8 Å². The molecule has 0 unspecified atom stereocenters. The smallest absolute Gasteiger partial charge is 0.200 e. The van der Waals surface area contributed by atoms with Gasteiger partial charge in [0.15, 0.2) is 6.20 Å². The number of hydrogen-bond donors (Lipinski definition) is 0. The Bertz CT molecular complexity index is 1530. The fourth-order valence-corrected chi connectivity index (χ4v) is 6.62. The van der Waals surface area contributed by atoms with Crippen molar-refractivity contribution in [3.63, 3.8) is 0 Å². The van der Waals surface area contributed by atoms with Gasteiger partial charge in [-0.25, -0.2) is 4.57 Å². The maximum absolute atomic E-state index is 2.40. The number of aromatic nitrogens is 1. The van der Waals surface area contributed by atoms with Crippen LogP contribution in [0.15, 0.2) is 76.7 Å². The van der Waals surface area contributed by atoms with Crippen LogP contribution in [0.1, 0.15) is 25.0 Å². The minimum absolute atomic E-state index is 0.666. The normalized spacial score (nSPS) is 12.8. The molecule has 0 radical (unpaired) electrons. The molecule has 0 saturated heterocycles. The fraction of sp³-hybridized carbons (Fsp3) is 0.207. The van der Waals surface area contributed by atoms with E-state index in [1.54, 1.807) is 0 Å². The van der Waals surface area contributed by atoms with Gasteiger partial charge in [0, 0.05) is 15.9 Å². The molecular formula is C29H26NS+. The van der Waals surface area contributed by atoms with Crippen molar-refractivity contribution in [2.75, 3.05) is 0 Å². The molecule has 5 aromatic rings. The summed E-state index contributed by atoms with van der Waals surface area (Å²) in [5.41, 5.74) is 5.54. The molecule has 0 N–H and O–H groups in total. The Morgan fingerprint density at radius 1 is 0.871 bits per heavy atom. The molecule has 6 rings (SSSR count). The molecule has 2 heterocycles. The monoisotopic (exact) mass is 420 g/mol. The van der Waals surface area contributed by atoms with E-state index in [4.69, 9.17) is 0 Å². The van der Waals surface area contributed by atoms with Gasteiger partial charge in [-0.15, -0.1) is 0 Å². The van der Waals surface area contributed by atoms with Gasteiger partial charge < -0.3 is 0 Å². The molecule has 0 amide bonds. The van der Waals surface area contributed by atoms with Crippen LogP contribution in [0.5, 0.6) is 0 Å². The molecule has 1 aromatic heterocycles. The maximum Gasteiger partial charge on any atom is 0.222 e. The van der Waals surface area contributed by atoms with Crippen molar-refractivity contribution in [2.45, 2.75) is 37.0 Å². The first kappa shape index (κ1) is 18.9. The van der Waals surface area contributed by atoms with Crippen molar-refractivity contribution in [3.05, 3.63) is 78.0 Å². The SMILES string of the molecule is Cc1c2c(cc3ccccc13)Sc1c3ccc(CC(C)C)cc3cc3cc[n+](C)c-2c13. The molecule has 4 aromatic carbocycles. The molecule has 31 heavy (non-hydrogen) atoms. The predicted molar refractivity (Wildman–Crippen MR) is 133 cm³/mol. The van der Waals surface area contributed by atoms with Gasteiger partial charge in [0.05, 0.1) is 10.9 Å². The second-order valence-corrected chi connectivity index (χ2v) is 10.3. The largest absolute Gasteiger partial charge is 0.222 e. The number of aryl methyl sites for hydroxylation is 2. The van der Waals surface area contributed by atoms with Crippen molar-refractivity contribution in [2.24, 2.45) is 13.0 Å². The van der Waals surface area contributed by atoms with E-state index in [1.165, 1.54) is 64.5 Å². The van der Waals surface area contributed by atoms with Crippen LogP contribution in [0.25, 0.3) is 43.6 Å². The number of nitrogens with zero attached hydrogens (tertiary/aromatic N) is 1. The number of pyridine rings is 1. The first-order valence-electron chi connectivity index (χ1n) is 11.1. The van der Waals surface area contributed by atoms with E-state index < -0.39 is 0 Å². The third kappa shape index (κ3) is 2.81. The van der Waals surface area contributed by atoms with Gasteiger partial charge in [-0.2, -0.15) is 0 Å². The summed E-state index contributed by atoms with van der Waals surface area (Å²) in [6.07, 6.45) is 3.35. The van der Waals surface area contributed by atoms with Crippen molar-refractivity contribution in [3.8, 4) is 11.3 Å². The van der Waals surface area contributed by atoms with Gasteiger partial charge in [0.2, 0.25) is 5.69 Å².